The molecule has 0 bridgehead atoms. The quantitative estimate of drug-likeness (QED) is 0.885. The first kappa shape index (κ1) is 16.5. The zero-order chi connectivity index (χ0) is 16.8. The van der Waals surface area contributed by atoms with Crippen molar-refractivity contribution in [3.05, 3.63) is 64.7 Å². The van der Waals surface area contributed by atoms with Crippen molar-refractivity contribution in [2.45, 2.75) is 28.5 Å². The normalized spacial score (nSPS) is 27.0. The molecule has 3 atom stereocenters. The summed E-state index contributed by atoms with van der Waals surface area (Å²) in [5.41, 5.74) is 13.0. The van der Waals surface area contributed by atoms with Crippen LogP contribution >= 0.6 is 11.6 Å². The van der Waals surface area contributed by atoms with Gasteiger partial charge in [-0.25, -0.2) is 8.42 Å². The molecule has 0 aromatic heterocycles. The molecule has 4 N–H and O–H groups in total. The van der Waals surface area contributed by atoms with Crippen molar-refractivity contribution in [1.29, 1.82) is 0 Å². The Balaban J connectivity index is 2.03. The molecule has 1 fully saturated rings. The van der Waals surface area contributed by atoms with E-state index in [0.29, 0.717) is 5.02 Å². The van der Waals surface area contributed by atoms with Crippen LogP contribution in [0.5, 0.6) is 0 Å². The van der Waals surface area contributed by atoms with E-state index in [0.717, 1.165) is 11.1 Å². The minimum atomic E-state index is -3.56. The Bertz CT molecular complexity index is 836. The molecule has 2 aromatic rings. The zero-order valence-corrected chi connectivity index (χ0v) is 14.3. The van der Waals surface area contributed by atoms with Crippen molar-refractivity contribution < 1.29 is 8.42 Å². The number of halogens is 1. The van der Waals surface area contributed by atoms with E-state index in [1.807, 2.05) is 13.0 Å². The maximum absolute atomic E-state index is 13.0. The number of sulfone groups is 1. The zero-order valence-electron chi connectivity index (χ0n) is 12.7. The smallest absolute Gasteiger partial charge is 0.183 e. The van der Waals surface area contributed by atoms with E-state index in [4.69, 9.17) is 23.1 Å². The van der Waals surface area contributed by atoms with Crippen LogP contribution in [0.2, 0.25) is 5.02 Å². The van der Waals surface area contributed by atoms with Gasteiger partial charge in [-0.3, -0.25) is 0 Å². The fourth-order valence-corrected chi connectivity index (χ4v) is 5.71. The third-order valence-corrected chi connectivity index (χ3v) is 7.09. The summed E-state index contributed by atoms with van der Waals surface area (Å²) in [6.45, 7) is 2.01. The molecule has 0 aliphatic heterocycles. The van der Waals surface area contributed by atoms with E-state index >= 15 is 0 Å². The van der Waals surface area contributed by atoms with E-state index in [-0.39, 0.29) is 17.4 Å². The summed E-state index contributed by atoms with van der Waals surface area (Å²) in [6.07, 6.45) is 0. The summed E-state index contributed by atoms with van der Waals surface area (Å²) in [7, 11) is -3.56. The van der Waals surface area contributed by atoms with Gasteiger partial charge in [0, 0.05) is 17.5 Å². The predicted molar refractivity (Wildman–Crippen MR) is 92.3 cm³/mol. The summed E-state index contributed by atoms with van der Waals surface area (Å²) in [5, 5.41) is -0.179. The third kappa shape index (κ3) is 2.68. The summed E-state index contributed by atoms with van der Waals surface area (Å²) in [6, 6.07) is 13.9. The lowest BCUT2D eigenvalue weighted by Crippen LogP contribution is -2.39. The Morgan fingerprint density at radius 3 is 2.39 bits per heavy atom. The van der Waals surface area contributed by atoms with Gasteiger partial charge in [0.05, 0.1) is 15.7 Å². The van der Waals surface area contributed by atoms with Crippen molar-refractivity contribution in [2.24, 2.45) is 11.5 Å². The SMILES string of the molecule is Cc1ccc(S(=O)(=O)[C@H]2[C@H](c3cccc(Cl)c3)[C@@]2(N)CN)cc1. The van der Waals surface area contributed by atoms with Crippen molar-refractivity contribution >= 4 is 21.4 Å². The molecular weight excluding hydrogens is 332 g/mol. The third-order valence-electron chi connectivity index (χ3n) is 4.55. The number of hydrogen-bond acceptors (Lipinski definition) is 4. The van der Waals surface area contributed by atoms with Gasteiger partial charge < -0.3 is 11.5 Å². The second kappa shape index (κ2) is 5.60. The van der Waals surface area contributed by atoms with Crippen LogP contribution < -0.4 is 11.5 Å². The van der Waals surface area contributed by atoms with Crippen LogP contribution in [0.4, 0.5) is 0 Å². The monoisotopic (exact) mass is 350 g/mol. The van der Waals surface area contributed by atoms with Gasteiger partial charge >= 0.3 is 0 Å². The molecule has 0 radical (unpaired) electrons. The van der Waals surface area contributed by atoms with E-state index in [2.05, 4.69) is 0 Å². The Morgan fingerprint density at radius 2 is 1.83 bits per heavy atom. The highest BCUT2D eigenvalue weighted by Gasteiger charge is 2.68. The second-order valence-corrected chi connectivity index (χ2v) is 8.63. The van der Waals surface area contributed by atoms with Crippen LogP contribution in [-0.4, -0.2) is 25.8 Å². The fraction of sp³-hybridized carbons (Fsp3) is 0.294. The maximum atomic E-state index is 13.0. The van der Waals surface area contributed by atoms with Crippen LogP contribution in [0.25, 0.3) is 0 Å². The largest absolute Gasteiger partial charge is 0.329 e. The van der Waals surface area contributed by atoms with E-state index < -0.39 is 20.6 Å². The molecule has 3 rings (SSSR count). The highest BCUT2D eigenvalue weighted by molar-refractivity contribution is 7.92. The van der Waals surface area contributed by atoms with Crippen LogP contribution in [0.1, 0.15) is 17.0 Å². The van der Waals surface area contributed by atoms with Crippen molar-refractivity contribution in [3.8, 4) is 0 Å². The molecule has 23 heavy (non-hydrogen) atoms. The van der Waals surface area contributed by atoms with Gasteiger partial charge in [-0.05, 0) is 36.8 Å². The Labute approximate surface area is 141 Å². The Kier molecular flexibility index (Phi) is 4.01. The van der Waals surface area contributed by atoms with Crippen LogP contribution in [0.15, 0.2) is 53.4 Å². The number of nitrogens with two attached hydrogens (primary N) is 2. The molecule has 4 nitrogen and oxygen atoms in total. The average Bonchev–Trinajstić information content (AvgIpc) is 3.15. The molecular formula is C17H19ClN2O2S. The van der Waals surface area contributed by atoms with E-state index in [9.17, 15) is 8.42 Å². The minimum Gasteiger partial charge on any atom is -0.329 e. The number of benzene rings is 2. The van der Waals surface area contributed by atoms with Gasteiger partial charge in [0.25, 0.3) is 0 Å². The lowest BCUT2D eigenvalue weighted by Gasteiger charge is -2.09. The predicted octanol–water partition coefficient (Wildman–Crippen LogP) is 2.24. The fourth-order valence-electron chi connectivity index (χ4n) is 3.19. The van der Waals surface area contributed by atoms with E-state index in [1.165, 1.54) is 0 Å². The molecule has 0 heterocycles. The lowest BCUT2D eigenvalue weighted by atomic mass is 10.1. The second-order valence-electron chi connectivity index (χ2n) is 6.13. The minimum absolute atomic E-state index is 0.0972. The first-order valence-corrected chi connectivity index (χ1v) is 9.28. The topological polar surface area (TPSA) is 86.2 Å². The van der Waals surface area contributed by atoms with Gasteiger partial charge in [0.2, 0.25) is 0 Å². The number of aryl methyl sites for hydroxylation is 1. The van der Waals surface area contributed by atoms with Gasteiger partial charge in [0.1, 0.15) is 0 Å². The maximum Gasteiger partial charge on any atom is 0.183 e. The molecule has 1 aliphatic rings. The molecule has 1 aliphatic carbocycles. The molecule has 0 spiro atoms. The van der Waals surface area contributed by atoms with Crippen LogP contribution in [0.3, 0.4) is 0 Å². The van der Waals surface area contributed by atoms with Crippen LogP contribution in [-0.2, 0) is 9.84 Å². The van der Waals surface area contributed by atoms with Gasteiger partial charge in [-0.1, -0.05) is 41.4 Å². The molecule has 0 amide bonds. The van der Waals surface area contributed by atoms with E-state index in [1.54, 1.807) is 42.5 Å². The molecule has 122 valence electrons. The summed E-state index contributed by atoms with van der Waals surface area (Å²) in [4.78, 5) is 0.279. The Morgan fingerprint density at radius 1 is 1.17 bits per heavy atom. The number of rotatable bonds is 4. The standard InChI is InChI=1S/C17H19ClN2O2S/c1-11-5-7-14(8-6-11)23(21,22)16-15(17(16,20)10-19)12-3-2-4-13(18)9-12/h2-9,15-16H,10,19-20H2,1H3/t15-,16-,17-/m0/s1. The molecule has 2 aromatic carbocycles. The molecule has 6 heteroatoms. The van der Waals surface area contributed by atoms with Gasteiger partial charge in [-0.2, -0.15) is 0 Å². The molecule has 0 saturated heterocycles. The highest BCUT2D eigenvalue weighted by Crippen LogP contribution is 2.55. The van der Waals surface area contributed by atoms with Crippen molar-refractivity contribution in [1.82, 2.24) is 0 Å². The average molecular weight is 351 g/mol. The van der Waals surface area contributed by atoms with Crippen molar-refractivity contribution in [2.75, 3.05) is 6.54 Å². The first-order chi connectivity index (χ1) is 10.8. The first-order valence-electron chi connectivity index (χ1n) is 7.35. The van der Waals surface area contributed by atoms with Crippen LogP contribution in [0, 0.1) is 6.92 Å². The summed E-state index contributed by atoms with van der Waals surface area (Å²) >= 11 is 6.03. The number of hydrogen-bond donors (Lipinski definition) is 2. The lowest BCUT2D eigenvalue weighted by molar-refractivity contribution is 0.586. The Hall–Kier alpha value is -1.40. The van der Waals surface area contributed by atoms with Gasteiger partial charge in [0.15, 0.2) is 9.84 Å². The van der Waals surface area contributed by atoms with Crippen molar-refractivity contribution in [3.63, 3.8) is 0 Å². The summed E-state index contributed by atoms with van der Waals surface area (Å²) in [5.74, 6) is -0.350. The molecule has 1 saturated carbocycles. The highest BCUT2D eigenvalue weighted by atomic mass is 35.5. The summed E-state index contributed by atoms with van der Waals surface area (Å²) < 4.78 is 26.0. The van der Waals surface area contributed by atoms with Gasteiger partial charge in [-0.15, -0.1) is 0 Å². The molecule has 0 unspecified atom stereocenters.